The second-order valence-electron chi connectivity index (χ2n) is 10.4. The summed E-state index contributed by atoms with van der Waals surface area (Å²) in [5, 5.41) is 5.58. The minimum absolute atomic E-state index is 0.0226. The van der Waals surface area contributed by atoms with E-state index in [2.05, 4.69) is 17.6 Å². The van der Waals surface area contributed by atoms with Crippen molar-refractivity contribution >= 4 is 29.2 Å². The smallest absolute Gasteiger partial charge is 0.323 e. The molecule has 0 unspecified atom stereocenters. The van der Waals surface area contributed by atoms with Crippen LogP contribution in [0.4, 0.5) is 16.2 Å². The first-order chi connectivity index (χ1) is 18.2. The number of ether oxygens (including phenoxy) is 2. The minimum Gasteiger partial charge on any atom is -0.491 e. The third-order valence-corrected chi connectivity index (χ3v) is 7.22. The fourth-order valence-electron chi connectivity index (χ4n) is 4.70. The van der Waals surface area contributed by atoms with Crippen molar-refractivity contribution in [3.8, 4) is 5.75 Å². The van der Waals surface area contributed by atoms with Crippen molar-refractivity contribution in [2.24, 2.45) is 11.8 Å². The fourth-order valence-corrected chi connectivity index (χ4v) is 4.70. The Bertz CT molecular complexity index is 1140. The highest BCUT2D eigenvalue weighted by Crippen LogP contribution is 2.33. The van der Waals surface area contributed by atoms with Gasteiger partial charge in [-0.3, -0.25) is 9.59 Å². The monoisotopic (exact) mass is 522 g/mol. The van der Waals surface area contributed by atoms with Gasteiger partial charge in [0, 0.05) is 57.0 Å². The van der Waals surface area contributed by atoms with Gasteiger partial charge in [0.05, 0.1) is 17.7 Å². The summed E-state index contributed by atoms with van der Waals surface area (Å²) < 4.78 is 11.9. The highest BCUT2D eigenvalue weighted by molar-refractivity contribution is 6.01. The average Bonchev–Trinajstić information content (AvgIpc) is 3.72. The zero-order valence-electron chi connectivity index (χ0n) is 22.6. The van der Waals surface area contributed by atoms with E-state index < -0.39 is 6.03 Å². The number of nitrogens with zero attached hydrogens (tertiary/aromatic N) is 2. The molecule has 3 atom stereocenters. The van der Waals surface area contributed by atoms with Crippen molar-refractivity contribution in [2.75, 3.05) is 44.5 Å². The molecule has 1 heterocycles. The van der Waals surface area contributed by atoms with Crippen LogP contribution in [0, 0.1) is 11.8 Å². The predicted octanol–water partition coefficient (Wildman–Crippen LogP) is 4.46. The van der Waals surface area contributed by atoms with Gasteiger partial charge < -0.3 is 29.9 Å². The Balaban J connectivity index is 1.58. The van der Waals surface area contributed by atoms with Gasteiger partial charge in [0.25, 0.3) is 5.91 Å². The lowest BCUT2D eigenvalue weighted by molar-refractivity contribution is -0.135. The van der Waals surface area contributed by atoms with Crippen LogP contribution in [0.5, 0.6) is 5.75 Å². The third-order valence-electron chi connectivity index (χ3n) is 7.22. The topological polar surface area (TPSA) is 100 Å². The first-order valence-electron chi connectivity index (χ1n) is 13.2. The van der Waals surface area contributed by atoms with Gasteiger partial charge >= 0.3 is 6.03 Å². The lowest BCUT2D eigenvalue weighted by Gasteiger charge is -2.36. The van der Waals surface area contributed by atoms with Gasteiger partial charge in [0.2, 0.25) is 5.91 Å². The number of carbonyl (C=O) groups is 3. The summed E-state index contributed by atoms with van der Waals surface area (Å²) in [5.74, 6) is 0.771. The average molecular weight is 523 g/mol. The van der Waals surface area contributed by atoms with E-state index in [0.29, 0.717) is 48.1 Å². The van der Waals surface area contributed by atoms with Crippen LogP contribution in [0.2, 0.25) is 0 Å². The first kappa shape index (κ1) is 27.4. The molecular weight excluding hydrogens is 484 g/mol. The fraction of sp³-hybridized carbons (Fsp3) is 0.483. The molecule has 2 aromatic carbocycles. The first-order valence-corrected chi connectivity index (χ1v) is 13.2. The number of rotatable bonds is 5. The van der Waals surface area contributed by atoms with Crippen LogP contribution in [0.25, 0.3) is 0 Å². The zero-order valence-corrected chi connectivity index (χ0v) is 22.6. The molecule has 2 N–H and O–H groups in total. The van der Waals surface area contributed by atoms with Crippen LogP contribution in [-0.2, 0) is 9.53 Å². The molecule has 0 aromatic heterocycles. The number of hydrogen-bond acceptors (Lipinski definition) is 5. The lowest BCUT2D eigenvalue weighted by Crippen LogP contribution is -2.48. The second-order valence-corrected chi connectivity index (χ2v) is 10.4. The molecule has 204 valence electrons. The molecule has 4 rings (SSSR count). The maximum atomic E-state index is 13.4. The number of hydrogen-bond donors (Lipinski definition) is 2. The third kappa shape index (κ3) is 7.04. The quantitative estimate of drug-likeness (QED) is 0.604. The molecule has 1 aliphatic heterocycles. The van der Waals surface area contributed by atoms with Gasteiger partial charge in [-0.1, -0.05) is 25.1 Å². The number of fused-ring (bicyclic) bond motifs is 1. The van der Waals surface area contributed by atoms with Crippen molar-refractivity contribution in [1.82, 2.24) is 9.80 Å². The number of urea groups is 1. The zero-order chi connectivity index (χ0) is 27.2. The van der Waals surface area contributed by atoms with Gasteiger partial charge in [0.15, 0.2) is 0 Å². The standard InChI is InChI=1S/C29H38N4O5/c1-19-16-33(27(34)14-21-10-11-21)20(2)18-38-25-15-23(31-29(36)30-22-8-6-5-7-9-22)12-13-24(25)28(35)32(3)17-26(19)37-4/h5-9,12-13,15,19-21,26H,10-11,14,16-18H2,1-4H3,(H2,30,31,36)/t19-,20+,26+/m1/s1. The molecule has 4 amide bonds. The summed E-state index contributed by atoms with van der Waals surface area (Å²) in [6, 6.07) is 13.5. The number of amides is 4. The number of nitrogens with one attached hydrogen (secondary N) is 2. The molecule has 0 bridgehead atoms. The van der Waals surface area contributed by atoms with Crippen LogP contribution in [0.15, 0.2) is 48.5 Å². The molecule has 1 fully saturated rings. The number of methoxy groups -OCH3 is 1. The second kappa shape index (κ2) is 12.3. The van der Waals surface area contributed by atoms with E-state index in [0.717, 1.165) is 12.8 Å². The maximum Gasteiger partial charge on any atom is 0.323 e. The summed E-state index contributed by atoms with van der Waals surface area (Å²) in [6.07, 6.45) is 2.52. The molecule has 1 aliphatic carbocycles. The Morgan fingerprint density at radius 2 is 1.74 bits per heavy atom. The molecule has 0 saturated heterocycles. The van der Waals surface area contributed by atoms with Gasteiger partial charge in [-0.05, 0) is 49.9 Å². The normalized spacial score (nSPS) is 22.4. The highest BCUT2D eigenvalue weighted by atomic mass is 16.5. The van der Waals surface area contributed by atoms with Crippen LogP contribution in [0.1, 0.15) is 43.5 Å². The molecule has 1 saturated carbocycles. The van der Waals surface area contributed by atoms with E-state index >= 15 is 0 Å². The summed E-state index contributed by atoms with van der Waals surface area (Å²) in [4.78, 5) is 42.7. The molecule has 9 nitrogen and oxygen atoms in total. The molecule has 0 spiro atoms. The van der Waals surface area contributed by atoms with Crippen molar-refractivity contribution < 1.29 is 23.9 Å². The van der Waals surface area contributed by atoms with Gasteiger partial charge in [-0.2, -0.15) is 0 Å². The van der Waals surface area contributed by atoms with E-state index in [9.17, 15) is 14.4 Å². The Labute approximate surface area is 224 Å². The SMILES string of the molecule is CO[C@H]1CN(C)C(=O)c2ccc(NC(=O)Nc3ccccc3)cc2OC[C@H](C)N(C(=O)CC2CC2)C[C@H]1C. The Kier molecular flexibility index (Phi) is 8.89. The van der Waals surface area contributed by atoms with E-state index in [1.807, 2.05) is 30.0 Å². The molecule has 0 radical (unpaired) electrons. The lowest BCUT2D eigenvalue weighted by atomic mass is 10.0. The van der Waals surface area contributed by atoms with E-state index in [1.54, 1.807) is 49.4 Å². The summed E-state index contributed by atoms with van der Waals surface area (Å²) in [5.41, 5.74) is 1.53. The summed E-state index contributed by atoms with van der Waals surface area (Å²) in [6.45, 7) is 5.12. The van der Waals surface area contributed by atoms with Crippen LogP contribution in [-0.4, -0.2) is 73.6 Å². The minimum atomic E-state index is -0.408. The number of benzene rings is 2. The largest absolute Gasteiger partial charge is 0.491 e. The van der Waals surface area contributed by atoms with E-state index in [1.165, 1.54) is 0 Å². The maximum absolute atomic E-state index is 13.4. The molecule has 2 aromatic rings. The van der Waals surface area contributed by atoms with Crippen molar-refractivity contribution in [1.29, 1.82) is 0 Å². The predicted molar refractivity (Wildman–Crippen MR) is 146 cm³/mol. The van der Waals surface area contributed by atoms with Gasteiger partial charge in [-0.25, -0.2) is 4.79 Å². The molecule has 2 aliphatic rings. The summed E-state index contributed by atoms with van der Waals surface area (Å²) >= 11 is 0. The molecular formula is C29H38N4O5. The number of carbonyl (C=O) groups excluding carboxylic acids is 3. The Hall–Kier alpha value is -3.59. The molecule has 9 heteroatoms. The number of anilines is 2. The number of para-hydroxylation sites is 1. The number of likely N-dealkylation sites (N-methyl/N-ethyl adjacent to an activating group) is 1. The van der Waals surface area contributed by atoms with Crippen LogP contribution >= 0.6 is 0 Å². The molecule has 38 heavy (non-hydrogen) atoms. The van der Waals surface area contributed by atoms with Gasteiger partial charge in [0.1, 0.15) is 12.4 Å². The Morgan fingerprint density at radius 1 is 1.03 bits per heavy atom. The van der Waals surface area contributed by atoms with Gasteiger partial charge in [-0.15, -0.1) is 0 Å². The Morgan fingerprint density at radius 3 is 2.42 bits per heavy atom. The van der Waals surface area contributed by atoms with Crippen molar-refractivity contribution in [3.05, 3.63) is 54.1 Å². The van der Waals surface area contributed by atoms with Crippen LogP contribution in [0.3, 0.4) is 0 Å². The van der Waals surface area contributed by atoms with Crippen molar-refractivity contribution in [3.63, 3.8) is 0 Å². The highest BCUT2D eigenvalue weighted by Gasteiger charge is 2.33. The summed E-state index contributed by atoms with van der Waals surface area (Å²) in [7, 11) is 3.37. The van der Waals surface area contributed by atoms with Crippen LogP contribution < -0.4 is 15.4 Å². The van der Waals surface area contributed by atoms with E-state index in [-0.39, 0.29) is 36.5 Å². The van der Waals surface area contributed by atoms with Crippen molar-refractivity contribution in [2.45, 2.75) is 45.3 Å². The van der Waals surface area contributed by atoms with E-state index in [4.69, 9.17) is 9.47 Å².